The summed E-state index contributed by atoms with van der Waals surface area (Å²) in [6.07, 6.45) is 0.457. The van der Waals surface area contributed by atoms with Gasteiger partial charge in [0.25, 0.3) is 0 Å². The number of benzene rings is 1. The van der Waals surface area contributed by atoms with Gasteiger partial charge in [-0.1, -0.05) is 0 Å². The number of hydrogen-bond donors (Lipinski definition) is 1. The Morgan fingerprint density at radius 3 is 2.75 bits per heavy atom. The lowest BCUT2D eigenvalue weighted by Gasteiger charge is -2.18. The van der Waals surface area contributed by atoms with Crippen molar-refractivity contribution >= 4 is 21.1 Å². The zero-order chi connectivity index (χ0) is 14.9. The molecule has 1 heterocycles. The van der Waals surface area contributed by atoms with E-state index in [1.807, 2.05) is 0 Å². The molecule has 0 bridgehead atoms. The number of imidazole rings is 1. The van der Waals surface area contributed by atoms with Crippen molar-refractivity contribution in [2.45, 2.75) is 25.5 Å². The molecule has 0 amide bonds. The van der Waals surface area contributed by atoms with Crippen molar-refractivity contribution in [1.29, 1.82) is 0 Å². The number of hydrogen-bond acceptors (Lipinski definition) is 3. The summed E-state index contributed by atoms with van der Waals surface area (Å²) in [6.45, 7) is 3.63. The van der Waals surface area contributed by atoms with Gasteiger partial charge in [-0.15, -0.1) is 0 Å². The smallest absolute Gasteiger partial charge is 0.216 e. The summed E-state index contributed by atoms with van der Waals surface area (Å²) >= 11 is 0. The molecule has 2 aromatic rings. The lowest BCUT2D eigenvalue weighted by molar-refractivity contribution is 0.463. The van der Waals surface area contributed by atoms with Gasteiger partial charge in [0, 0.05) is 20.0 Å². The van der Waals surface area contributed by atoms with Crippen molar-refractivity contribution in [3.63, 3.8) is 0 Å². The first-order valence-electron chi connectivity index (χ1n) is 6.40. The quantitative estimate of drug-likeness (QED) is 0.917. The van der Waals surface area contributed by atoms with E-state index in [4.69, 9.17) is 0 Å². The normalized spacial score (nSPS) is 12.7. The van der Waals surface area contributed by atoms with E-state index in [-0.39, 0.29) is 5.82 Å². The van der Waals surface area contributed by atoms with Crippen LogP contribution in [0.5, 0.6) is 0 Å². The van der Waals surface area contributed by atoms with Crippen LogP contribution in [0, 0.1) is 5.82 Å². The zero-order valence-corrected chi connectivity index (χ0v) is 12.5. The third-order valence-corrected chi connectivity index (χ3v) is 5.43. The fourth-order valence-corrected chi connectivity index (χ4v) is 2.97. The molecule has 2 rings (SSSR count). The molecule has 0 saturated heterocycles. The molecule has 0 unspecified atom stereocenters. The first-order chi connectivity index (χ1) is 9.30. The minimum atomic E-state index is -3.25. The van der Waals surface area contributed by atoms with Crippen LogP contribution in [-0.2, 0) is 16.4 Å². The van der Waals surface area contributed by atoms with Gasteiger partial charge < -0.3 is 4.98 Å². The first kappa shape index (κ1) is 14.9. The van der Waals surface area contributed by atoms with Gasteiger partial charge in [0.05, 0.1) is 16.3 Å². The number of aromatic nitrogens is 2. The molecule has 110 valence electrons. The minimum absolute atomic E-state index is 0.327. The average molecular weight is 299 g/mol. The van der Waals surface area contributed by atoms with Crippen LogP contribution in [-0.4, -0.2) is 41.5 Å². The first-order valence-corrected chi connectivity index (χ1v) is 7.90. The summed E-state index contributed by atoms with van der Waals surface area (Å²) < 4.78 is 38.2. The Balaban J connectivity index is 2.10. The molecule has 20 heavy (non-hydrogen) atoms. The van der Waals surface area contributed by atoms with E-state index in [1.54, 1.807) is 27.0 Å². The number of aromatic amines is 1. The van der Waals surface area contributed by atoms with Gasteiger partial charge in [0.1, 0.15) is 11.6 Å². The van der Waals surface area contributed by atoms with Gasteiger partial charge in [-0.3, -0.25) is 0 Å². The predicted octanol–water partition coefficient (Wildman–Crippen LogP) is 1.91. The molecule has 0 fully saturated rings. The molecule has 0 aliphatic heterocycles. The van der Waals surface area contributed by atoms with Gasteiger partial charge in [-0.25, -0.2) is 22.1 Å². The summed E-state index contributed by atoms with van der Waals surface area (Å²) in [7, 11) is -1.70. The van der Waals surface area contributed by atoms with Crippen LogP contribution in [0.15, 0.2) is 18.2 Å². The van der Waals surface area contributed by atoms with E-state index in [0.717, 1.165) is 0 Å². The third kappa shape index (κ3) is 2.99. The van der Waals surface area contributed by atoms with Gasteiger partial charge in [0.2, 0.25) is 10.0 Å². The number of sulfonamides is 1. The minimum Gasteiger partial charge on any atom is -0.342 e. The van der Waals surface area contributed by atoms with Gasteiger partial charge in [-0.05, 0) is 32.0 Å². The number of nitrogens with one attached hydrogen (secondary N) is 1. The average Bonchev–Trinajstić information content (AvgIpc) is 2.77. The summed E-state index contributed by atoms with van der Waals surface area (Å²) in [5.41, 5.74) is 1.30. The lowest BCUT2D eigenvalue weighted by Crippen LogP contribution is -2.34. The molecule has 0 spiro atoms. The second-order valence-electron chi connectivity index (χ2n) is 5.01. The molecular formula is C13H18FN3O2S. The van der Waals surface area contributed by atoms with Gasteiger partial charge >= 0.3 is 0 Å². The van der Waals surface area contributed by atoms with Crippen LogP contribution in [0.1, 0.15) is 19.7 Å². The molecular weight excluding hydrogens is 281 g/mol. The maximum atomic E-state index is 13.1. The van der Waals surface area contributed by atoms with Crippen molar-refractivity contribution in [2.75, 3.05) is 13.6 Å². The SMILES string of the molecule is CC(C)S(=O)(=O)N(C)CCc1nc2ccc(F)cc2[nH]1. The van der Waals surface area contributed by atoms with E-state index in [9.17, 15) is 12.8 Å². The molecule has 1 N–H and O–H groups in total. The van der Waals surface area contributed by atoms with E-state index < -0.39 is 15.3 Å². The summed E-state index contributed by atoms with van der Waals surface area (Å²) in [6, 6.07) is 4.32. The second-order valence-corrected chi connectivity index (χ2v) is 7.61. The van der Waals surface area contributed by atoms with E-state index in [0.29, 0.717) is 29.8 Å². The Bertz CT molecular complexity index is 709. The molecule has 0 saturated carbocycles. The maximum absolute atomic E-state index is 13.1. The van der Waals surface area contributed by atoms with Crippen LogP contribution in [0.2, 0.25) is 0 Å². The molecule has 7 heteroatoms. The molecule has 0 atom stereocenters. The number of rotatable bonds is 5. The van der Waals surface area contributed by atoms with Gasteiger partial charge in [-0.2, -0.15) is 0 Å². The van der Waals surface area contributed by atoms with Crippen LogP contribution in [0.25, 0.3) is 11.0 Å². The van der Waals surface area contributed by atoms with Crippen LogP contribution in [0.3, 0.4) is 0 Å². The van der Waals surface area contributed by atoms with E-state index in [2.05, 4.69) is 9.97 Å². The molecule has 0 aliphatic rings. The van der Waals surface area contributed by atoms with Crippen molar-refractivity contribution in [1.82, 2.24) is 14.3 Å². The number of likely N-dealkylation sites (N-methyl/N-ethyl adjacent to an activating group) is 1. The van der Waals surface area contributed by atoms with Crippen molar-refractivity contribution in [3.05, 3.63) is 29.8 Å². The molecule has 0 radical (unpaired) electrons. The van der Waals surface area contributed by atoms with Crippen LogP contribution < -0.4 is 0 Å². The second kappa shape index (κ2) is 5.49. The Labute approximate surface area is 117 Å². The Kier molecular flexibility index (Phi) is 4.10. The highest BCUT2D eigenvalue weighted by atomic mass is 32.2. The Morgan fingerprint density at radius 2 is 2.10 bits per heavy atom. The standard InChI is InChI=1S/C13H18FN3O2S/c1-9(2)20(18,19)17(3)7-6-13-15-11-5-4-10(14)8-12(11)16-13/h4-5,8-9H,6-7H2,1-3H3,(H,15,16). The highest BCUT2D eigenvalue weighted by Gasteiger charge is 2.21. The van der Waals surface area contributed by atoms with Crippen molar-refractivity contribution in [3.8, 4) is 0 Å². The zero-order valence-electron chi connectivity index (χ0n) is 11.7. The van der Waals surface area contributed by atoms with Crippen LogP contribution in [0.4, 0.5) is 4.39 Å². The molecule has 0 aliphatic carbocycles. The predicted molar refractivity (Wildman–Crippen MR) is 76.4 cm³/mol. The van der Waals surface area contributed by atoms with Crippen LogP contribution >= 0.6 is 0 Å². The van der Waals surface area contributed by atoms with E-state index in [1.165, 1.54) is 16.4 Å². The Hall–Kier alpha value is -1.47. The molecule has 1 aromatic heterocycles. The molecule has 1 aromatic carbocycles. The fourth-order valence-electron chi connectivity index (χ4n) is 1.90. The highest BCUT2D eigenvalue weighted by molar-refractivity contribution is 7.89. The summed E-state index contributed by atoms with van der Waals surface area (Å²) in [4.78, 5) is 7.31. The van der Waals surface area contributed by atoms with Crippen molar-refractivity contribution < 1.29 is 12.8 Å². The fraction of sp³-hybridized carbons (Fsp3) is 0.462. The highest BCUT2D eigenvalue weighted by Crippen LogP contribution is 2.14. The summed E-state index contributed by atoms with van der Waals surface area (Å²) in [5, 5.41) is -0.447. The van der Waals surface area contributed by atoms with Gasteiger partial charge in [0.15, 0.2) is 0 Å². The monoisotopic (exact) mass is 299 g/mol. The number of nitrogens with zero attached hydrogens (tertiary/aromatic N) is 2. The Morgan fingerprint density at radius 1 is 1.40 bits per heavy atom. The number of halogens is 1. The van der Waals surface area contributed by atoms with E-state index >= 15 is 0 Å². The topological polar surface area (TPSA) is 66.1 Å². The summed E-state index contributed by atoms with van der Waals surface area (Å²) in [5.74, 6) is 0.323. The lowest BCUT2D eigenvalue weighted by atomic mass is 10.3. The maximum Gasteiger partial charge on any atom is 0.216 e. The largest absolute Gasteiger partial charge is 0.342 e. The molecule has 5 nitrogen and oxygen atoms in total. The third-order valence-electron chi connectivity index (χ3n) is 3.19. The number of H-pyrrole nitrogens is 1. The van der Waals surface area contributed by atoms with Crippen molar-refractivity contribution in [2.24, 2.45) is 0 Å². The number of fused-ring (bicyclic) bond motifs is 1.